The van der Waals surface area contributed by atoms with Crippen LogP contribution in [-0.4, -0.2) is 36.6 Å². The summed E-state index contributed by atoms with van der Waals surface area (Å²) in [5, 5.41) is 3.79. The lowest BCUT2D eigenvalue weighted by Crippen LogP contribution is -2.32. The van der Waals surface area contributed by atoms with Crippen LogP contribution < -0.4 is 10.1 Å². The predicted molar refractivity (Wildman–Crippen MR) is 106 cm³/mol. The predicted octanol–water partition coefficient (Wildman–Crippen LogP) is 3.21. The largest absolute Gasteiger partial charge is 0.438 e. The van der Waals surface area contributed by atoms with Gasteiger partial charge in [-0.15, -0.1) is 0 Å². The lowest BCUT2D eigenvalue weighted by Gasteiger charge is -2.24. The first-order valence-electron chi connectivity index (χ1n) is 9.11. The third-order valence-corrected chi connectivity index (χ3v) is 5.07. The maximum Gasteiger partial charge on any atom is 0.258 e. The Morgan fingerprint density at radius 1 is 1.29 bits per heavy atom. The zero-order valence-corrected chi connectivity index (χ0v) is 16.6. The number of rotatable bonds is 7. The highest BCUT2D eigenvalue weighted by atomic mass is 32.2. The molecular weight excluding hydrogens is 378 g/mol. The molecule has 1 aromatic carbocycles. The molecule has 8 heteroatoms. The molecule has 0 spiro atoms. The minimum absolute atomic E-state index is 0.194. The number of aromatic nitrogens is 2. The van der Waals surface area contributed by atoms with Crippen LogP contribution in [0.5, 0.6) is 11.6 Å². The quantitative estimate of drug-likeness (QED) is 0.765. The Balaban J connectivity index is 1.83. The molecule has 1 amide bonds. The fourth-order valence-corrected chi connectivity index (χ4v) is 3.19. The highest BCUT2D eigenvalue weighted by Crippen LogP contribution is 2.35. The lowest BCUT2D eigenvalue weighted by atomic mass is 9.85. The topological polar surface area (TPSA) is 98.2 Å². The number of amides is 1. The van der Waals surface area contributed by atoms with Crippen molar-refractivity contribution in [3.63, 3.8) is 0 Å². The highest BCUT2D eigenvalue weighted by Gasteiger charge is 2.25. The van der Waals surface area contributed by atoms with Crippen LogP contribution in [0.1, 0.15) is 48.3 Å². The number of nitrogens with zero attached hydrogens (tertiary/aromatic N) is 2. The van der Waals surface area contributed by atoms with Gasteiger partial charge in [0.2, 0.25) is 5.88 Å². The number of carbonyl (C=O) groups is 1. The van der Waals surface area contributed by atoms with E-state index in [1.807, 2.05) is 18.2 Å². The number of benzene rings is 1. The summed E-state index contributed by atoms with van der Waals surface area (Å²) in [5.74, 6) is 1.31. The fraction of sp³-hybridized carbons (Fsp3) is 0.350. The van der Waals surface area contributed by atoms with E-state index in [9.17, 15) is 13.2 Å². The van der Waals surface area contributed by atoms with Crippen molar-refractivity contribution in [2.24, 2.45) is 0 Å². The van der Waals surface area contributed by atoms with E-state index >= 15 is 0 Å². The maximum atomic E-state index is 12.7. The average molecular weight is 401 g/mol. The minimum Gasteiger partial charge on any atom is -0.438 e. The first kappa shape index (κ1) is 20.0. The maximum absolute atomic E-state index is 12.7. The van der Waals surface area contributed by atoms with Gasteiger partial charge in [-0.3, -0.25) is 4.79 Å². The van der Waals surface area contributed by atoms with E-state index in [0.717, 1.165) is 30.9 Å². The van der Waals surface area contributed by atoms with Crippen LogP contribution in [0.15, 0.2) is 48.0 Å². The summed E-state index contributed by atoms with van der Waals surface area (Å²) in [5.41, 5.74) is 0.200. The second-order valence-corrected chi connectivity index (χ2v) is 8.84. The van der Waals surface area contributed by atoms with Crippen molar-refractivity contribution in [3.8, 4) is 11.6 Å². The summed E-state index contributed by atoms with van der Waals surface area (Å²) >= 11 is 0. The number of hydrogen-bond acceptors (Lipinski definition) is 6. The third-order valence-electron chi connectivity index (χ3n) is 4.42. The van der Waals surface area contributed by atoms with Gasteiger partial charge in [0.25, 0.3) is 5.91 Å². The summed E-state index contributed by atoms with van der Waals surface area (Å²) in [7, 11) is -3.26. The summed E-state index contributed by atoms with van der Waals surface area (Å²) in [4.78, 5) is 21.5. The van der Waals surface area contributed by atoms with Crippen LogP contribution in [0.4, 0.5) is 0 Å². The van der Waals surface area contributed by atoms with E-state index in [2.05, 4.69) is 15.3 Å². The Morgan fingerprint density at radius 3 is 2.61 bits per heavy atom. The van der Waals surface area contributed by atoms with Crippen LogP contribution in [-0.2, 0) is 9.84 Å². The van der Waals surface area contributed by atoms with Gasteiger partial charge < -0.3 is 10.1 Å². The average Bonchev–Trinajstić information content (AvgIpc) is 2.59. The molecule has 0 radical (unpaired) electrons. The molecule has 148 valence electrons. The molecule has 0 saturated heterocycles. The SMILES string of the molecule is C[C@@H](/C=C/S(C)(=O)=O)NC(=O)c1cnc(C2CCC2)nc1Oc1ccccc1. The highest BCUT2D eigenvalue weighted by molar-refractivity contribution is 7.93. The van der Waals surface area contributed by atoms with Gasteiger partial charge in [0.05, 0.1) is 0 Å². The Labute approximate surface area is 164 Å². The second kappa shape index (κ2) is 8.52. The molecule has 2 aromatic rings. The number of hydrogen-bond donors (Lipinski definition) is 1. The van der Waals surface area contributed by atoms with Crippen LogP contribution in [0.2, 0.25) is 0 Å². The molecule has 1 saturated carbocycles. The Morgan fingerprint density at radius 2 is 2.00 bits per heavy atom. The standard InChI is InChI=1S/C20H23N3O4S/c1-14(11-12-28(2,25)26)22-19(24)17-13-21-18(15-7-6-8-15)23-20(17)27-16-9-4-3-5-10-16/h3-5,9-15H,6-8H2,1-2H3,(H,22,24)/b12-11+/t14-/m0/s1. The van der Waals surface area contributed by atoms with Gasteiger partial charge in [-0.2, -0.15) is 4.98 Å². The van der Waals surface area contributed by atoms with E-state index in [1.54, 1.807) is 19.1 Å². The van der Waals surface area contributed by atoms with Gasteiger partial charge in [-0.1, -0.05) is 30.7 Å². The fourth-order valence-electron chi connectivity index (χ4n) is 2.67. The third kappa shape index (κ3) is 5.39. The second-order valence-electron chi connectivity index (χ2n) is 6.91. The van der Waals surface area contributed by atoms with E-state index in [4.69, 9.17) is 4.74 Å². The number of sulfone groups is 1. The van der Waals surface area contributed by atoms with Crippen molar-refractivity contribution in [1.29, 1.82) is 0 Å². The number of carbonyl (C=O) groups excluding carboxylic acids is 1. The lowest BCUT2D eigenvalue weighted by molar-refractivity contribution is 0.0943. The van der Waals surface area contributed by atoms with Crippen molar-refractivity contribution < 1.29 is 17.9 Å². The monoisotopic (exact) mass is 401 g/mol. The van der Waals surface area contributed by atoms with Gasteiger partial charge in [0.1, 0.15) is 17.1 Å². The molecule has 1 aliphatic carbocycles. The van der Waals surface area contributed by atoms with Crippen LogP contribution in [0.25, 0.3) is 0 Å². The molecule has 7 nitrogen and oxygen atoms in total. The van der Waals surface area contributed by atoms with Gasteiger partial charge in [-0.25, -0.2) is 13.4 Å². The molecule has 1 aromatic heterocycles. The van der Waals surface area contributed by atoms with Crippen LogP contribution in [0, 0.1) is 0 Å². The first-order valence-corrected chi connectivity index (χ1v) is 11.1. The summed E-state index contributed by atoms with van der Waals surface area (Å²) in [6, 6.07) is 8.62. The normalized spacial score (nSPS) is 15.8. The van der Waals surface area contributed by atoms with Gasteiger partial charge >= 0.3 is 0 Å². The van der Waals surface area contributed by atoms with Gasteiger partial charge in [-0.05, 0) is 31.9 Å². The first-order chi connectivity index (χ1) is 13.3. The van der Waals surface area contributed by atoms with Gasteiger partial charge in [0, 0.05) is 29.8 Å². The smallest absolute Gasteiger partial charge is 0.258 e. The van der Waals surface area contributed by atoms with Crippen molar-refractivity contribution in [2.75, 3.05) is 6.26 Å². The van der Waals surface area contributed by atoms with Crippen LogP contribution in [0.3, 0.4) is 0 Å². The Bertz CT molecular complexity index is 970. The molecule has 28 heavy (non-hydrogen) atoms. The molecule has 1 fully saturated rings. The molecule has 3 rings (SSSR count). The van der Waals surface area contributed by atoms with Crippen molar-refractivity contribution >= 4 is 15.7 Å². The van der Waals surface area contributed by atoms with E-state index < -0.39 is 21.8 Å². The summed E-state index contributed by atoms with van der Waals surface area (Å²) in [6.45, 7) is 1.68. The van der Waals surface area contributed by atoms with Crippen molar-refractivity contribution in [3.05, 3.63) is 59.4 Å². The Hall–Kier alpha value is -2.74. The molecule has 1 aliphatic rings. The minimum atomic E-state index is -3.26. The van der Waals surface area contributed by atoms with E-state index in [-0.39, 0.29) is 11.4 Å². The Kier molecular flexibility index (Phi) is 6.08. The molecule has 0 aliphatic heterocycles. The molecule has 0 bridgehead atoms. The molecule has 1 atom stereocenters. The molecule has 1 N–H and O–H groups in total. The van der Waals surface area contributed by atoms with Gasteiger partial charge in [0.15, 0.2) is 9.84 Å². The number of nitrogens with one attached hydrogen (secondary N) is 1. The zero-order valence-electron chi connectivity index (χ0n) is 15.8. The summed E-state index contributed by atoms with van der Waals surface area (Å²) < 4.78 is 28.3. The number of para-hydroxylation sites is 1. The zero-order chi connectivity index (χ0) is 20.1. The molecule has 1 heterocycles. The van der Waals surface area contributed by atoms with Crippen molar-refractivity contribution in [2.45, 2.75) is 38.1 Å². The molecule has 0 unspecified atom stereocenters. The van der Waals surface area contributed by atoms with E-state index in [1.165, 1.54) is 12.3 Å². The van der Waals surface area contributed by atoms with Crippen molar-refractivity contribution in [1.82, 2.24) is 15.3 Å². The number of ether oxygens (including phenoxy) is 1. The summed E-state index contributed by atoms with van der Waals surface area (Å²) in [6.07, 6.45) is 7.19. The van der Waals surface area contributed by atoms with Crippen LogP contribution >= 0.6 is 0 Å². The molecular formula is C20H23N3O4S. The van der Waals surface area contributed by atoms with E-state index in [0.29, 0.717) is 17.5 Å².